The molecular formula is C28H30FN7O2S. The highest BCUT2D eigenvalue weighted by molar-refractivity contribution is 7.19. The fourth-order valence-corrected chi connectivity index (χ4v) is 6.73. The maximum absolute atomic E-state index is 15.5. The van der Waals surface area contributed by atoms with Crippen LogP contribution in [0.25, 0.3) is 21.6 Å². The predicted octanol–water partition coefficient (Wildman–Crippen LogP) is 3.83. The van der Waals surface area contributed by atoms with E-state index in [0.29, 0.717) is 15.9 Å². The molecule has 0 aromatic carbocycles. The van der Waals surface area contributed by atoms with Gasteiger partial charge in [0.15, 0.2) is 5.01 Å². The molecule has 202 valence electrons. The summed E-state index contributed by atoms with van der Waals surface area (Å²) in [7, 11) is 0. The van der Waals surface area contributed by atoms with Gasteiger partial charge in [0, 0.05) is 36.5 Å². The second-order valence-corrected chi connectivity index (χ2v) is 11.4. The smallest absolute Gasteiger partial charge is 0.277 e. The van der Waals surface area contributed by atoms with E-state index >= 15 is 4.39 Å². The minimum Gasteiger partial charge on any atom is -0.393 e. The van der Waals surface area contributed by atoms with Crippen LogP contribution in [0.1, 0.15) is 70.6 Å². The lowest BCUT2D eigenvalue weighted by Gasteiger charge is -2.35. The number of aryl methyl sites for hydroxylation is 1. The zero-order valence-electron chi connectivity index (χ0n) is 21.5. The number of pyridine rings is 2. The van der Waals surface area contributed by atoms with Crippen LogP contribution in [0.4, 0.5) is 4.39 Å². The number of aliphatic hydroxyl groups is 1. The number of thiazole rings is 1. The molecule has 5 heterocycles. The number of fused-ring (bicyclic) bond motifs is 2. The molecule has 0 saturated carbocycles. The molecule has 0 radical (unpaired) electrons. The molecule has 4 aromatic heterocycles. The van der Waals surface area contributed by atoms with Crippen molar-refractivity contribution < 1.29 is 14.3 Å². The lowest BCUT2D eigenvalue weighted by molar-refractivity contribution is 0.0805. The third-order valence-electron chi connectivity index (χ3n) is 7.97. The molecule has 1 aliphatic heterocycles. The highest BCUT2D eigenvalue weighted by atomic mass is 32.1. The molecule has 39 heavy (non-hydrogen) atoms. The second-order valence-electron chi connectivity index (χ2n) is 10.4. The first kappa shape index (κ1) is 25.8. The van der Waals surface area contributed by atoms with E-state index in [1.165, 1.54) is 23.7 Å². The summed E-state index contributed by atoms with van der Waals surface area (Å²) in [4.78, 5) is 28.7. The number of primary amides is 1. The van der Waals surface area contributed by atoms with Crippen molar-refractivity contribution in [2.45, 2.75) is 56.5 Å². The number of halogens is 1. The first-order chi connectivity index (χ1) is 19.0. The molecule has 1 saturated heterocycles. The van der Waals surface area contributed by atoms with Gasteiger partial charge in [-0.1, -0.05) is 11.3 Å². The molecule has 11 heteroatoms. The Labute approximate surface area is 229 Å². The third kappa shape index (κ3) is 5.39. The SMILES string of the molecule is NC(=O)c1nc2cc3c(nc2s1)C([C@@H](CCN1CCC(O)CC1)c1cnc(-c2ccnnc2)c(F)c1)CCC3. The van der Waals surface area contributed by atoms with Crippen molar-refractivity contribution in [2.24, 2.45) is 5.73 Å². The largest absolute Gasteiger partial charge is 0.393 e. The van der Waals surface area contributed by atoms with Crippen molar-refractivity contribution in [3.8, 4) is 11.3 Å². The van der Waals surface area contributed by atoms with Crippen LogP contribution in [0, 0.1) is 5.82 Å². The first-order valence-electron chi connectivity index (χ1n) is 13.4. The summed E-state index contributed by atoms with van der Waals surface area (Å²) in [6.45, 7) is 2.55. The number of likely N-dealkylation sites (tertiary alicyclic amines) is 1. The summed E-state index contributed by atoms with van der Waals surface area (Å²) in [6.07, 6.45) is 9.74. The average Bonchev–Trinajstić information content (AvgIpc) is 3.37. The number of hydrogen-bond acceptors (Lipinski definition) is 9. The van der Waals surface area contributed by atoms with Gasteiger partial charge in [0.1, 0.15) is 21.9 Å². The van der Waals surface area contributed by atoms with Gasteiger partial charge in [0.25, 0.3) is 5.91 Å². The van der Waals surface area contributed by atoms with Crippen LogP contribution in [0.2, 0.25) is 0 Å². The van der Waals surface area contributed by atoms with Gasteiger partial charge in [0.2, 0.25) is 0 Å². The average molecular weight is 548 g/mol. The van der Waals surface area contributed by atoms with Crippen molar-refractivity contribution >= 4 is 27.6 Å². The zero-order valence-corrected chi connectivity index (χ0v) is 22.3. The number of carbonyl (C=O) groups excluding carboxylic acids is 1. The number of nitrogens with two attached hydrogens (primary N) is 1. The van der Waals surface area contributed by atoms with Crippen molar-refractivity contribution in [1.82, 2.24) is 30.0 Å². The molecule has 2 aliphatic rings. The van der Waals surface area contributed by atoms with E-state index in [0.717, 1.165) is 75.0 Å². The summed E-state index contributed by atoms with van der Waals surface area (Å²) in [6, 6.07) is 5.34. The highest BCUT2D eigenvalue weighted by Gasteiger charge is 2.33. The molecule has 2 atom stereocenters. The molecule has 4 aromatic rings. The van der Waals surface area contributed by atoms with Crippen LogP contribution in [0.3, 0.4) is 0 Å². The molecule has 1 amide bonds. The van der Waals surface area contributed by atoms with E-state index in [1.807, 2.05) is 6.07 Å². The van der Waals surface area contributed by atoms with E-state index in [2.05, 4.69) is 25.1 Å². The fraction of sp³-hybridized carbons (Fsp3) is 0.429. The van der Waals surface area contributed by atoms with Gasteiger partial charge < -0.3 is 15.7 Å². The lowest BCUT2D eigenvalue weighted by Crippen LogP contribution is -2.37. The minimum atomic E-state index is -0.553. The van der Waals surface area contributed by atoms with Crippen LogP contribution in [-0.4, -0.2) is 66.8 Å². The number of aromatic nitrogens is 5. The molecule has 1 aliphatic carbocycles. The molecule has 3 N–H and O–H groups in total. The number of aliphatic hydroxyl groups excluding tert-OH is 1. The van der Waals surface area contributed by atoms with Crippen LogP contribution in [0.5, 0.6) is 0 Å². The Morgan fingerprint density at radius 1 is 1.18 bits per heavy atom. The number of hydrogen-bond donors (Lipinski definition) is 2. The number of nitrogens with zero attached hydrogens (tertiary/aromatic N) is 6. The molecular weight excluding hydrogens is 517 g/mol. The van der Waals surface area contributed by atoms with Crippen molar-refractivity contribution in [1.29, 1.82) is 0 Å². The molecule has 1 fully saturated rings. The van der Waals surface area contributed by atoms with Gasteiger partial charge in [-0.25, -0.2) is 14.4 Å². The molecule has 0 spiro atoms. The zero-order chi connectivity index (χ0) is 26.9. The monoisotopic (exact) mass is 547 g/mol. The van der Waals surface area contributed by atoms with Crippen molar-refractivity contribution in [3.05, 3.63) is 64.4 Å². The summed E-state index contributed by atoms with van der Waals surface area (Å²) < 4.78 is 15.5. The van der Waals surface area contributed by atoms with E-state index in [4.69, 9.17) is 10.7 Å². The fourth-order valence-electron chi connectivity index (χ4n) is 5.95. The molecule has 0 bridgehead atoms. The number of rotatable bonds is 7. The normalized spacial score (nSPS) is 19.2. The maximum Gasteiger partial charge on any atom is 0.277 e. The van der Waals surface area contributed by atoms with Crippen LogP contribution in [0.15, 0.2) is 36.8 Å². The predicted molar refractivity (Wildman–Crippen MR) is 146 cm³/mol. The summed E-state index contributed by atoms with van der Waals surface area (Å²) in [5, 5.41) is 17.8. The Morgan fingerprint density at radius 3 is 2.77 bits per heavy atom. The quantitative estimate of drug-likeness (QED) is 0.357. The standard InChI is InChI=1S/C28H30FN7O2S/c29-22-12-18(14-31-25(22)17-4-8-32-33-15-17)20(7-11-36-9-5-19(37)6-10-36)21-3-1-2-16-13-23-27(35-24(16)21)39-28(34-23)26(30)38/h4,8,12-15,19-21,37H,1-3,5-7,9-11H2,(H2,30,38)/t20-,21?/m0/s1. The number of carbonyl (C=O) groups is 1. The second kappa shape index (κ2) is 11.0. The summed E-state index contributed by atoms with van der Waals surface area (Å²) in [5.41, 5.74) is 9.98. The van der Waals surface area contributed by atoms with Gasteiger partial charge in [-0.15, -0.1) is 0 Å². The van der Waals surface area contributed by atoms with Gasteiger partial charge in [-0.3, -0.25) is 9.78 Å². The minimum absolute atomic E-state index is 0.00371. The lowest BCUT2D eigenvalue weighted by atomic mass is 9.74. The van der Waals surface area contributed by atoms with Gasteiger partial charge in [-0.05, 0) is 80.3 Å². The Morgan fingerprint density at radius 2 is 2.03 bits per heavy atom. The number of piperidine rings is 1. The van der Waals surface area contributed by atoms with E-state index in [9.17, 15) is 9.90 Å². The molecule has 9 nitrogen and oxygen atoms in total. The van der Waals surface area contributed by atoms with Gasteiger partial charge in [-0.2, -0.15) is 10.2 Å². The Hall–Kier alpha value is -3.41. The Balaban J connectivity index is 1.36. The van der Waals surface area contributed by atoms with Crippen LogP contribution < -0.4 is 5.73 Å². The highest BCUT2D eigenvalue weighted by Crippen LogP contribution is 2.44. The van der Waals surface area contributed by atoms with Gasteiger partial charge in [0.05, 0.1) is 18.5 Å². The van der Waals surface area contributed by atoms with E-state index in [1.54, 1.807) is 18.3 Å². The Bertz CT molecular complexity index is 1490. The van der Waals surface area contributed by atoms with Gasteiger partial charge >= 0.3 is 0 Å². The van der Waals surface area contributed by atoms with Crippen LogP contribution in [-0.2, 0) is 6.42 Å². The summed E-state index contributed by atoms with van der Waals surface area (Å²) in [5.74, 6) is -0.874. The van der Waals surface area contributed by atoms with Crippen molar-refractivity contribution in [3.63, 3.8) is 0 Å². The number of amides is 1. The maximum atomic E-state index is 15.5. The topological polar surface area (TPSA) is 131 Å². The first-order valence-corrected chi connectivity index (χ1v) is 14.2. The van der Waals surface area contributed by atoms with E-state index in [-0.39, 0.29) is 34.5 Å². The van der Waals surface area contributed by atoms with Crippen LogP contribution >= 0.6 is 11.3 Å². The Kier molecular flexibility index (Phi) is 7.28. The van der Waals surface area contributed by atoms with Crippen molar-refractivity contribution in [2.75, 3.05) is 19.6 Å². The third-order valence-corrected chi connectivity index (χ3v) is 8.95. The summed E-state index contributed by atoms with van der Waals surface area (Å²) >= 11 is 1.21. The molecule has 6 rings (SSSR count). The molecule has 1 unspecified atom stereocenters. The van der Waals surface area contributed by atoms with E-state index < -0.39 is 5.91 Å².